The predicted octanol–water partition coefficient (Wildman–Crippen LogP) is 1.13. The molecule has 0 spiro atoms. The maximum Gasteiger partial charge on any atom is 0.0613 e. The molecule has 0 aliphatic rings. The highest BCUT2D eigenvalue weighted by molar-refractivity contribution is 4.92. The third kappa shape index (κ3) is 1.70. The van der Waals surface area contributed by atoms with Crippen LogP contribution in [0.25, 0.3) is 0 Å². The van der Waals surface area contributed by atoms with Crippen molar-refractivity contribution in [3.05, 3.63) is 0 Å². The highest BCUT2D eigenvalue weighted by Gasteiger charge is 2.35. The van der Waals surface area contributed by atoms with Gasteiger partial charge in [-0.2, -0.15) is 0 Å². The van der Waals surface area contributed by atoms with Crippen molar-refractivity contribution < 1.29 is 5.11 Å². The first-order valence-electron chi connectivity index (χ1n) is 3.77. The van der Waals surface area contributed by atoms with E-state index in [2.05, 4.69) is 20.8 Å². The summed E-state index contributed by atoms with van der Waals surface area (Å²) in [6.45, 7) is 8.16. The molecule has 0 aromatic carbocycles. The van der Waals surface area contributed by atoms with Crippen molar-refractivity contribution >= 4 is 0 Å². The topological polar surface area (TPSA) is 46.2 Å². The lowest BCUT2D eigenvalue weighted by atomic mass is 9.73. The first-order valence-corrected chi connectivity index (χ1v) is 3.77. The Morgan fingerprint density at radius 1 is 1.30 bits per heavy atom. The van der Waals surface area contributed by atoms with Crippen LogP contribution < -0.4 is 5.73 Å². The van der Waals surface area contributed by atoms with E-state index in [-0.39, 0.29) is 12.0 Å². The maximum atomic E-state index is 8.94. The molecule has 0 aromatic rings. The van der Waals surface area contributed by atoms with Crippen molar-refractivity contribution in [3.8, 4) is 0 Å². The van der Waals surface area contributed by atoms with Gasteiger partial charge >= 0.3 is 0 Å². The molecule has 2 heteroatoms. The molecule has 0 aliphatic carbocycles. The molecule has 0 aliphatic heterocycles. The van der Waals surface area contributed by atoms with Gasteiger partial charge in [-0.25, -0.2) is 0 Å². The minimum atomic E-state index is -0.457. The first kappa shape index (κ1) is 9.92. The summed E-state index contributed by atoms with van der Waals surface area (Å²) in [5.41, 5.74) is 5.41. The zero-order valence-electron chi connectivity index (χ0n) is 7.44. The van der Waals surface area contributed by atoms with Crippen LogP contribution in [-0.2, 0) is 0 Å². The summed E-state index contributed by atoms with van der Waals surface area (Å²) < 4.78 is 0. The van der Waals surface area contributed by atoms with E-state index in [1.54, 1.807) is 0 Å². The summed E-state index contributed by atoms with van der Waals surface area (Å²) in [6.07, 6.45) is 0.987. The standard InChI is InChI=1S/C8H19NO/c1-5-7(2,3)8(4,9)6-10/h10H,5-6,9H2,1-4H3. The third-order valence-electron chi connectivity index (χ3n) is 2.76. The Labute approximate surface area is 63.4 Å². The van der Waals surface area contributed by atoms with Crippen molar-refractivity contribution in [2.24, 2.45) is 11.1 Å². The number of hydrogen-bond acceptors (Lipinski definition) is 2. The smallest absolute Gasteiger partial charge is 0.0613 e. The Bertz CT molecular complexity index is 93.8. The summed E-state index contributed by atoms with van der Waals surface area (Å²) in [5.74, 6) is 0. The molecule has 1 atom stereocenters. The number of aliphatic hydroxyl groups is 1. The number of nitrogens with two attached hydrogens (primary N) is 1. The van der Waals surface area contributed by atoms with Crippen LogP contribution in [0.2, 0.25) is 0 Å². The predicted molar refractivity (Wildman–Crippen MR) is 43.8 cm³/mol. The van der Waals surface area contributed by atoms with E-state index >= 15 is 0 Å². The fraction of sp³-hybridized carbons (Fsp3) is 1.00. The van der Waals surface area contributed by atoms with Gasteiger partial charge in [0.05, 0.1) is 6.61 Å². The van der Waals surface area contributed by atoms with Gasteiger partial charge in [0.1, 0.15) is 0 Å². The zero-order chi connectivity index (χ0) is 8.41. The molecule has 0 fully saturated rings. The molecule has 0 amide bonds. The van der Waals surface area contributed by atoms with Gasteiger partial charge in [0, 0.05) is 5.54 Å². The molecule has 3 N–H and O–H groups in total. The molecule has 0 aromatic heterocycles. The van der Waals surface area contributed by atoms with E-state index in [0.29, 0.717) is 0 Å². The molecule has 0 heterocycles. The molecule has 0 saturated heterocycles. The van der Waals surface area contributed by atoms with Gasteiger partial charge in [-0.05, 0) is 18.8 Å². The zero-order valence-corrected chi connectivity index (χ0v) is 7.44. The van der Waals surface area contributed by atoms with Gasteiger partial charge in [0.25, 0.3) is 0 Å². The normalized spacial score (nSPS) is 18.6. The Kier molecular flexibility index (Phi) is 2.86. The third-order valence-corrected chi connectivity index (χ3v) is 2.76. The molecular weight excluding hydrogens is 126 g/mol. The Morgan fingerprint density at radius 3 is 1.80 bits per heavy atom. The summed E-state index contributed by atoms with van der Waals surface area (Å²) in [5, 5.41) is 8.94. The number of aliphatic hydroxyl groups excluding tert-OH is 1. The lowest BCUT2D eigenvalue weighted by Crippen LogP contribution is -2.52. The van der Waals surface area contributed by atoms with Crippen molar-refractivity contribution in [1.82, 2.24) is 0 Å². The van der Waals surface area contributed by atoms with Gasteiger partial charge in [-0.3, -0.25) is 0 Å². The van der Waals surface area contributed by atoms with Crippen LogP contribution in [0.15, 0.2) is 0 Å². The summed E-state index contributed by atoms with van der Waals surface area (Å²) in [4.78, 5) is 0. The highest BCUT2D eigenvalue weighted by Crippen LogP contribution is 2.31. The van der Waals surface area contributed by atoms with E-state index in [1.807, 2.05) is 6.92 Å². The fourth-order valence-corrected chi connectivity index (χ4v) is 0.618. The van der Waals surface area contributed by atoms with Gasteiger partial charge in [0.2, 0.25) is 0 Å². The molecule has 0 rings (SSSR count). The minimum Gasteiger partial charge on any atom is -0.394 e. The second-order valence-corrected chi connectivity index (χ2v) is 3.81. The Balaban J connectivity index is 4.28. The van der Waals surface area contributed by atoms with Crippen molar-refractivity contribution in [3.63, 3.8) is 0 Å². The van der Waals surface area contributed by atoms with Crippen LogP contribution in [0.3, 0.4) is 0 Å². The maximum absolute atomic E-state index is 8.94. The number of rotatable bonds is 3. The van der Waals surface area contributed by atoms with E-state index in [4.69, 9.17) is 10.8 Å². The van der Waals surface area contributed by atoms with E-state index < -0.39 is 5.54 Å². The summed E-state index contributed by atoms with van der Waals surface area (Å²) >= 11 is 0. The molecule has 62 valence electrons. The van der Waals surface area contributed by atoms with Crippen molar-refractivity contribution in [2.45, 2.75) is 39.7 Å². The molecule has 0 bridgehead atoms. The molecule has 0 radical (unpaired) electrons. The van der Waals surface area contributed by atoms with Crippen LogP contribution >= 0.6 is 0 Å². The summed E-state index contributed by atoms with van der Waals surface area (Å²) in [6, 6.07) is 0. The van der Waals surface area contributed by atoms with Crippen LogP contribution in [0.1, 0.15) is 34.1 Å². The Hall–Kier alpha value is -0.0800. The van der Waals surface area contributed by atoms with E-state index in [1.165, 1.54) is 0 Å². The average molecular weight is 145 g/mol. The van der Waals surface area contributed by atoms with Gasteiger partial charge in [-0.1, -0.05) is 20.8 Å². The molecule has 0 saturated carbocycles. The molecular formula is C8H19NO. The van der Waals surface area contributed by atoms with Crippen molar-refractivity contribution in [2.75, 3.05) is 6.61 Å². The lowest BCUT2D eigenvalue weighted by Gasteiger charge is -2.39. The van der Waals surface area contributed by atoms with Gasteiger partial charge < -0.3 is 10.8 Å². The first-order chi connectivity index (χ1) is 4.37. The lowest BCUT2D eigenvalue weighted by molar-refractivity contribution is 0.0934. The van der Waals surface area contributed by atoms with E-state index in [0.717, 1.165) is 6.42 Å². The molecule has 2 nitrogen and oxygen atoms in total. The van der Waals surface area contributed by atoms with Gasteiger partial charge in [0.15, 0.2) is 0 Å². The second kappa shape index (κ2) is 2.89. The number of hydrogen-bond donors (Lipinski definition) is 2. The van der Waals surface area contributed by atoms with E-state index in [9.17, 15) is 0 Å². The van der Waals surface area contributed by atoms with Crippen molar-refractivity contribution in [1.29, 1.82) is 0 Å². The van der Waals surface area contributed by atoms with Gasteiger partial charge in [-0.15, -0.1) is 0 Å². The second-order valence-electron chi connectivity index (χ2n) is 3.81. The monoisotopic (exact) mass is 145 g/mol. The van der Waals surface area contributed by atoms with Crippen LogP contribution in [-0.4, -0.2) is 17.3 Å². The minimum absolute atomic E-state index is 0.0156. The van der Waals surface area contributed by atoms with Crippen LogP contribution in [0, 0.1) is 5.41 Å². The largest absolute Gasteiger partial charge is 0.394 e. The highest BCUT2D eigenvalue weighted by atomic mass is 16.3. The SMILES string of the molecule is CCC(C)(C)C(C)(N)CO. The summed E-state index contributed by atoms with van der Waals surface area (Å²) in [7, 11) is 0. The average Bonchev–Trinajstić information content (AvgIpc) is 1.88. The quantitative estimate of drug-likeness (QED) is 0.625. The Morgan fingerprint density at radius 2 is 1.70 bits per heavy atom. The fourth-order valence-electron chi connectivity index (χ4n) is 0.618. The molecule has 10 heavy (non-hydrogen) atoms. The molecule has 1 unspecified atom stereocenters. The van der Waals surface area contributed by atoms with Crippen LogP contribution in [0.4, 0.5) is 0 Å². The van der Waals surface area contributed by atoms with Crippen LogP contribution in [0.5, 0.6) is 0 Å².